The normalized spacial score (nSPS) is 16.0. The van der Waals surface area contributed by atoms with E-state index in [0.29, 0.717) is 25.2 Å². The molecule has 0 atom stereocenters. The van der Waals surface area contributed by atoms with Crippen LogP contribution in [0, 0.1) is 0 Å². The highest BCUT2D eigenvalue weighted by Crippen LogP contribution is 2.37. The van der Waals surface area contributed by atoms with E-state index in [4.69, 9.17) is 0 Å². The predicted octanol–water partition coefficient (Wildman–Crippen LogP) is 4.96. The van der Waals surface area contributed by atoms with Gasteiger partial charge in [0.25, 0.3) is 5.92 Å². The molecule has 0 radical (unpaired) electrons. The van der Waals surface area contributed by atoms with Crippen molar-refractivity contribution >= 4 is 5.71 Å². The van der Waals surface area contributed by atoms with Gasteiger partial charge in [0, 0.05) is 18.1 Å². The average molecular weight is 303 g/mol. The minimum Gasteiger partial charge on any atom is -0.280 e. The minimum absolute atomic E-state index is 0.0546. The van der Waals surface area contributed by atoms with Crippen molar-refractivity contribution in [1.82, 2.24) is 0 Å². The summed E-state index contributed by atoms with van der Waals surface area (Å²) < 4.78 is 65.4. The van der Waals surface area contributed by atoms with Crippen LogP contribution in [0.3, 0.4) is 0 Å². The van der Waals surface area contributed by atoms with Crippen LogP contribution in [0.5, 0.6) is 0 Å². The highest BCUT2D eigenvalue weighted by molar-refractivity contribution is 6.11. The summed E-state index contributed by atoms with van der Waals surface area (Å²) in [6.07, 6.45) is -2.26. The summed E-state index contributed by atoms with van der Waals surface area (Å²) in [5.74, 6) is -3.37. The van der Waals surface area contributed by atoms with E-state index in [1.54, 1.807) is 6.08 Å². The molecule has 2 rings (SSSR count). The third-order valence-corrected chi connectivity index (χ3v) is 3.34. The Hall–Kier alpha value is -1.72. The van der Waals surface area contributed by atoms with Crippen LogP contribution in [0.15, 0.2) is 34.8 Å². The van der Waals surface area contributed by atoms with E-state index in [-0.39, 0.29) is 5.56 Å². The van der Waals surface area contributed by atoms with E-state index in [2.05, 4.69) is 4.99 Å². The lowest BCUT2D eigenvalue weighted by molar-refractivity contribution is -0.137. The van der Waals surface area contributed by atoms with Crippen molar-refractivity contribution in [3.05, 3.63) is 46.5 Å². The second-order valence-electron chi connectivity index (χ2n) is 5.00. The Morgan fingerprint density at radius 3 is 2.29 bits per heavy atom. The highest BCUT2D eigenvalue weighted by Gasteiger charge is 2.36. The molecule has 1 nitrogen and oxygen atoms in total. The van der Waals surface area contributed by atoms with E-state index in [1.807, 2.05) is 6.92 Å². The van der Waals surface area contributed by atoms with Crippen molar-refractivity contribution in [3.63, 3.8) is 0 Å². The molecule has 0 fully saturated rings. The van der Waals surface area contributed by atoms with Gasteiger partial charge in [-0.05, 0) is 30.2 Å². The summed E-state index contributed by atoms with van der Waals surface area (Å²) in [4.78, 5) is 4.13. The summed E-state index contributed by atoms with van der Waals surface area (Å²) in [5, 5.41) is 0. The third kappa shape index (κ3) is 3.31. The first-order valence-corrected chi connectivity index (χ1v) is 6.46. The summed E-state index contributed by atoms with van der Waals surface area (Å²) in [5.41, 5.74) is -0.392. The number of allylic oxidation sites excluding steroid dienone is 1. The number of rotatable bonds is 3. The Balaban J connectivity index is 2.55. The lowest BCUT2D eigenvalue weighted by Gasteiger charge is -2.18. The Kier molecular flexibility index (Phi) is 3.91. The number of nitrogens with zero attached hydrogens (tertiary/aromatic N) is 1. The van der Waals surface area contributed by atoms with E-state index in [0.717, 1.165) is 24.1 Å². The molecular formula is C15H14F5N. The fraction of sp³-hybridized carbons (Fsp3) is 0.400. The minimum atomic E-state index is -4.65. The molecule has 0 N–H and O–H groups in total. The van der Waals surface area contributed by atoms with Gasteiger partial charge in [0.1, 0.15) is 0 Å². The van der Waals surface area contributed by atoms with Crippen molar-refractivity contribution in [2.24, 2.45) is 4.99 Å². The van der Waals surface area contributed by atoms with E-state index >= 15 is 0 Å². The molecule has 1 heterocycles. The molecule has 0 aromatic heterocycles. The van der Waals surface area contributed by atoms with Gasteiger partial charge in [-0.2, -0.15) is 13.2 Å². The molecule has 0 spiro atoms. The van der Waals surface area contributed by atoms with Gasteiger partial charge < -0.3 is 0 Å². The molecule has 114 valence electrons. The molecule has 1 aromatic rings. The van der Waals surface area contributed by atoms with E-state index < -0.39 is 23.2 Å². The first-order chi connectivity index (χ1) is 9.63. The summed E-state index contributed by atoms with van der Waals surface area (Å²) >= 11 is 0. The Labute approximate surface area is 119 Å². The molecule has 0 saturated heterocycles. The van der Waals surface area contributed by atoms with Crippen molar-refractivity contribution < 1.29 is 22.0 Å². The summed E-state index contributed by atoms with van der Waals surface area (Å²) in [6, 6.07) is 2.39. The van der Waals surface area contributed by atoms with E-state index in [9.17, 15) is 22.0 Å². The van der Waals surface area contributed by atoms with Gasteiger partial charge in [0.2, 0.25) is 0 Å². The number of aliphatic imine (C=N–C) groups is 1. The van der Waals surface area contributed by atoms with Gasteiger partial charge in [0.05, 0.1) is 17.8 Å². The molecule has 1 aromatic carbocycles. The lowest BCUT2D eigenvalue weighted by atomic mass is 9.95. The Bertz CT molecular complexity index is 605. The van der Waals surface area contributed by atoms with Crippen LogP contribution in [-0.2, 0) is 12.1 Å². The molecule has 6 heteroatoms. The standard InChI is InChI=1S/C15H14F5N/c1-3-9-6-13(21-8-9)11-5-4-10(15(18,19)20)7-12(11)14(2,16)17/h4-7H,3,8H2,1-2H3. The fourth-order valence-corrected chi connectivity index (χ4v) is 2.16. The molecule has 0 amide bonds. The molecule has 21 heavy (non-hydrogen) atoms. The van der Waals surface area contributed by atoms with Crippen LogP contribution >= 0.6 is 0 Å². The lowest BCUT2D eigenvalue weighted by Crippen LogP contribution is -2.16. The topological polar surface area (TPSA) is 12.4 Å². The van der Waals surface area contributed by atoms with Crippen LogP contribution in [0.25, 0.3) is 0 Å². The summed E-state index contributed by atoms with van der Waals surface area (Å²) in [6.45, 7) is 2.90. The average Bonchev–Trinajstić information content (AvgIpc) is 2.84. The number of benzene rings is 1. The van der Waals surface area contributed by atoms with Crippen molar-refractivity contribution in [2.75, 3.05) is 6.54 Å². The SMILES string of the molecule is CCC1=CC(c2ccc(C(F)(F)F)cc2C(C)(F)F)=NC1. The first kappa shape index (κ1) is 15.7. The maximum absolute atomic E-state index is 13.7. The molecular weight excluding hydrogens is 289 g/mol. The largest absolute Gasteiger partial charge is 0.416 e. The van der Waals surface area contributed by atoms with Gasteiger partial charge in [-0.25, -0.2) is 8.78 Å². The van der Waals surface area contributed by atoms with E-state index in [1.165, 1.54) is 0 Å². The van der Waals surface area contributed by atoms with Crippen molar-refractivity contribution in [3.8, 4) is 0 Å². The molecule has 1 aliphatic rings. The second-order valence-corrected chi connectivity index (χ2v) is 5.00. The maximum Gasteiger partial charge on any atom is 0.416 e. The van der Waals surface area contributed by atoms with Crippen LogP contribution in [0.4, 0.5) is 22.0 Å². The Morgan fingerprint density at radius 1 is 1.14 bits per heavy atom. The molecule has 0 aliphatic carbocycles. The molecule has 0 unspecified atom stereocenters. The number of alkyl halides is 5. The quantitative estimate of drug-likeness (QED) is 0.700. The van der Waals surface area contributed by atoms with Crippen LogP contribution in [0.2, 0.25) is 0 Å². The smallest absolute Gasteiger partial charge is 0.280 e. The number of hydrogen-bond acceptors (Lipinski definition) is 1. The molecule has 0 bridgehead atoms. The van der Waals surface area contributed by atoms with Gasteiger partial charge in [0.15, 0.2) is 0 Å². The van der Waals surface area contributed by atoms with Crippen LogP contribution < -0.4 is 0 Å². The second kappa shape index (κ2) is 5.24. The Morgan fingerprint density at radius 2 is 1.81 bits per heavy atom. The zero-order chi connectivity index (χ0) is 15.8. The molecule has 0 saturated carbocycles. The zero-order valence-corrected chi connectivity index (χ0v) is 11.6. The van der Waals surface area contributed by atoms with Crippen LogP contribution in [0.1, 0.15) is 37.0 Å². The fourth-order valence-electron chi connectivity index (χ4n) is 2.16. The highest BCUT2D eigenvalue weighted by atomic mass is 19.4. The number of halogens is 5. The third-order valence-electron chi connectivity index (χ3n) is 3.34. The van der Waals surface area contributed by atoms with Crippen molar-refractivity contribution in [1.29, 1.82) is 0 Å². The van der Waals surface area contributed by atoms with Gasteiger partial charge in [-0.3, -0.25) is 4.99 Å². The molecule has 1 aliphatic heterocycles. The zero-order valence-electron chi connectivity index (χ0n) is 11.6. The van der Waals surface area contributed by atoms with Crippen molar-refractivity contribution in [2.45, 2.75) is 32.4 Å². The first-order valence-electron chi connectivity index (χ1n) is 6.46. The summed E-state index contributed by atoms with van der Waals surface area (Å²) in [7, 11) is 0. The van der Waals surface area contributed by atoms with Crippen LogP contribution in [-0.4, -0.2) is 12.3 Å². The van der Waals surface area contributed by atoms with Gasteiger partial charge in [-0.15, -0.1) is 0 Å². The predicted molar refractivity (Wildman–Crippen MR) is 70.8 cm³/mol. The maximum atomic E-state index is 13.7. The van der Waals surface area contributed by atoms with Gasteiger partial charge in [-0.1, -0.05) is 13.0 Å². The monoisotopic (exact) mass is 303 g/mol. The number of hydrogen-bond donors (Lipinski definition) is 0. The van der Waals surface area contributed by atoms with Gasteiger partial charge >= 0.3 is 6.18 Å².